The molecule has 96 valence electrons. The Morgan fingerprint density at radius 1 is 1.33 bits per heavy atom. The van der Waals surface area contributed by atoms with Crippen LogP contribution in [0.1, 0.15) is 5.56 Å². The SMILES string of the molecule is Cc1c(OC(=O)O)n(C)c2cc(Cl)c(Cl)c(Cl)c12. The van der Waals surface area contributed by atoms with Gasteiger partial charge in [0.05, 0.1) is 20.6 Å². The third-order valence-electron chi connectivity index (χ3n) is 2.69. The number of fused-ring (bicyclic) bond motifs is 1. The highest BCUT2D eigenvalue weighted by atomic mass is 35.5. The first-order chi connectivity index (χ1) is 8.34. The fraction of sp³-hybridized carbons (Fsp3) is 0.182. The molecule has 0 saturated carbocycles. The van der Waals surface area contributed by atoms with Crippen LogP contribution in [0.2, 0.25) is 15.1 Å². The van der Waals surface area contributed by atoms with Crippen molar-refractivity contribution in [2.24, 2.45) is 7.05 Å². The van der Waals surface area contributed by atoms with E-state index in [0.717, 1.165) is 0 Å². The largest absolute Gasteiger partial charge is 0.512 e. The van der Waals surface area contributed by atoms with Gasteiger partial charge >= 0.3 is 6.16 Å². The van der Waals surface area contributed by atoms with E-state index in [1.807, 2.05) is 0 Å². The molecule has 0 amide bonds. The highest BCUT2D eigenvalue weighted by molar-refractivity contribution is 6.50. The number of hydrogen-bond donors (Lipinski definition) is 1. The van der Waals surface area contributed by atoms with Crippen LogP contribution in [0, 0.1) is 6.92 Å². The number of hydrogen-bond acceptors (Lipinski definition) is 2. The zero-order chi connectivity index (χ0) is 13.6. The normalized spacial score (nSPS) is 10.9. The van der Waals surface area contributed by atoms with Crippen LogP contribution < -0.4 is 4.74 Å². The van der Waals surface area contributed by atoms with Gasteiger partial charge in [-0.15, -0.1) is 0 Å². The van der Waals surface area contributed by atoms with E-state index in [0.29, 0.717) is 21.5 Å². The van der Waals surface area contributed by atoms with Gasteiger partial charge in [0, 0.05) is 18.0 Å². The predicted octanol–water partition coefficient (Wildman–Crippen LogP) is 4.50. The second-order valence-electron chi connectivity index (χ2n) is 3.74. The van der Waals surface area contributed by atoms with Gasteiger partial charge in [0.1, 0.15) is 0 Å². The van der Waals surface area contributed by atoms with Crippen LogP contribution >= 0.6 is 34.8 Å². The zero-order valence-electron chi connectivity index (χ0n) is 9.42. The Morgan fingerprint density at radius 2 is 1.94 bits per heavy atom. The number of carbonyl (C=O) groups is 1. The summed E-state index contributed by atoms with van der Waals surface area (Å²) in [7, 11) is 1.66. The quantitative estimate of drug-likeness (QED) is 0.623. The molecule has 0 aliphatic carbocycles. The van der Waals surface area contributed by atoms with Crippen molar-refractivity contribution in [2.45, 2.75) is 6.92 Å². The molecule has 1 aromatic carbocycles. The molecular formula is C11H8Cl3NO3. The molecule has 1 heterocycles. The van der Waals surface area contributed by atoms with Crippen LogP contribution in [-0.2, 0) is 7.05 Å². The van der Waals surface area contributed by atoms with Gasteiger partial charge in [-0.2, -0.15) is 0 Å². The average molecular weight is 309 g/mol. The Balaban J connectivity index is 2.86. The Bertz CT molecular complexity index is 664. The summed E-state index contributed by atoms with van der Waals surface area (Å²) in [6.45, 7) is 1.71. The highest BCUT2D eigenvalue weighted by Crippen LogP contribution is 2.42. The summed E-state index contributed by atoms with van der Waals surface area (Å²) in [4.78, 5) is 10.6. The van der Waals surface area contributed by atoms with Crippen molar-refractivity contribution in [3.05, 3.63) is 26.7 Å². The van der Waals surface area contributed by atoms with Gasteiger partial charge in [0.2, 0.25) is 5.88 Å². The van der Waals surface area contributed by atoms with Gasteiger partial charge < -0.3 is 14.4 Å². The number of benzene rings is 1. The van der Waals surface area contributed by atoms with E-state index in [2.05, 4.69) is 0 Å². The minimum atomic E-state index is -1.39. The molecule has 1 aromatic heterocycles. The molecule has 4 nitrogen and oxygen atoms in total. The van der Waals surface area contributed by atoms with Crippen molar-refractivity contribution in [1.82, 2.24) is 4.57 Å². The molecule has 0 spiro atoms. The van der Waals surface area contributed by atoms with Crippen LogP contribution in [0.15, 0.2) is 6.07 Å². The summed E-state index contributed by atoms with van der Waals surface area (Å²) < 4.78 is 6.29. The number of carboxylic acid groups (broad SMARTS) is 1. The molecule has 0 aliphatic rings. The van der Waals surface area contributed by atoms with E-state index in [9.17, 15) is 4.79 Å². The second-order valence-corrected chi connectivity index (χ2v) is 4.90. The van der Waals surface area contributed by atoms with E-state index >= 15 is 0 Å². The van der Waals surface area contributed by atoms with Crippen molar-refractivity contribution in [1.29, 1.82) is 0 Å². The lowest BCUT2D eigenvalue weighted by Gasteiger charge is -2.03. The lowest BCUT2D eigenvalue weighted by molar-refractivity contribution is 0.141. The molecular weight excluding hydrogens is 300 g/mol. The first-order valence-electron chi connectivity index (χ1n) is 4.87. The topological polar surface area (TPSA) is 51.5 Å². The molecule has 2 rings (SSSR count). The Hall–Kier alpha value is -1.10. The van der Waals surface area contributed by atoms with Gasteiger partial charge in [-0.3, -0.25) is 0 Å². The average Bonchev–Trinajstić information content (AvgIpc) is 2.51. The Labute approximate surface area is 118 Å². The van der Waals surface area contributed by atoms with Crippen LogP contribution in [0.5, 0.6) is 5.88 Å². The summed E-state index contributed by atoms with van der Waals surface area (Å²) in [6, 6.07) is 1.62. The third kappa shape index (κ3) is 1.90. The molecule has 0 fully saturated rings. The molecule has 0 radical (unpaired) electrons. The fourth-order valence-corrected chi connectivity index (χ4v) is 2.64. The van der Waals surface area contributed by atoms with Gasteiger partial charge in [-0.1, -0.05) is 34.8 Å². The van der Waals surface area contributed by atoms with E-state index in [4.69, 9.17) is 44.6 Å². The number of ether oxygens (including phenoxy) is 1. The molecule has 0 unspecified atom stereocenters. The minimum absolute atomic E-state index is 0.192. The molecule has 0 aliphatic heterocycles. The van der Waals surface area contributed by atoms with Gasteiger partial charge in [-0.05, 0) is 13.0 Å². The van der Waals surface area contributed by atoms with E-state index in [1.54, 1.807) is 24.6 Å². The van der Waals surface area contributed by atoms with Crippen molar-refractivity contribution < 1.29 is 14.6 Å². The molecule has 7 heteroatoms. The molecule has 0 atom stereocenters. The summed E-state index contributed by atoms with van der Waals surface area (Å²) in [5.74, 6) is 0.192. The smallest absolute Gasteiger partial charge is 0.449 e. The summed E-state index contributed by atoms with van der Waals surface area (Å²) in [6.07, 6.45) is -1.39. The maximum Gasteiger partial charge on any atom is 0.512 e. The maximum absolute atomic E-state index is 10.6. The molecule has 0 saturated heterocycles. The summed E-state index contributed by atoms with van der Waals surface area (Å²) in [5, 5.41) is 10.2. The van der Waals surface area contributed by atoms with Crippen LogP contribution in [0.4, 0.5) is 4.79 Å². The van der Waals surface area contributed by atoms with Crippen molar-refractivity contribution in [3.63, 3.8) is 0 Å². The van der Waals surface area contributed by atoms with Gasteiger partial charge in [0.15, 0.2) is 0 Å². The second kappa shape index (κ2) is 4.53. The number of nitrogens with zero attached hydrogens (tertiary/aromatic N) is 1. The number of aromatic nitrogens is 1. The van der Waals surface area contributed by atoms with Crippen LogP contribution in [0.3, 0.4) is 0 Å². The van der Waals surface area contributed by atoms with Crippen LogP contribution in [-0.4, -0.2) is 15.8 Å². The van der Waals surface area contributed by atoms with Gasteiger partial charge in [-0.25, -0.2) is 4.79 Å². The first-order valence-corrected chi connectivity index (χ1v) is 6.01. The third-order valence-corrected chi connectivity index (χ3v) is 3.95. The van der Waals surface area contributed by atoms with E-state index in [1.165, 1.54) is 0 Å². The fourth-order valence-electron chi connectivity index (χ4n) is 1.90. The zero-order valence-corrected chi connectivity index (χ0v) is 11.7. The van der Waals surface area contributed by atoms with Crippen molar-refractivity contribution >= 4 is 51.9 Å². The summed E-state index contributed by atoms with van der Waals surface area (Å²) >= 11 is 18.0. The van der Waals surface area contributed by atoms with Crippen molar-refractivity contribution in [2.75, 3.05) is 0 Å². The number of aryl methyl sites for hydroxylation is 2. The van der Waals surface area contributed by atoms with E-state index < -0.39 is 6.16 Å². The molecule has 18 heavy (non-hydrogen) atoms. The van der Waals surface area contributed by atoms with Gasteiger partial charge in [0.25, 0.3) is 0 Å². The van der Waals surface area contributed by atoms with Crippen LogP contribution in [0.25, 0.3) is 10.9 Å². The minimum Gasteiger partial charge on any atom is -0.449 e. The van der Waals surface area contributed by atoms with E-state index in [-0.39, 0.29) is 15.9 Å². The monoisotopic (exact) mass is 307 g/mol. The molecule has 0 bridgehead atoms. The molecule has 1 N–H and O–H groups in total. The summed E-state index contributed by atoms with van der Waals surface area (Å²) in [5.41, 5.74) is 1.25. The highest BCUT2D eigenvalue weighted by Gasteiger charge is 2.20. The first kappa shape index (κ1) is 13.3. The predicted molar refractivity (Wildman–Crippen MR) is 71.3 cm³/mol. The lowest BCUT2D eigenvalue weighted by Crippen LogP contribution is -2.07. The number of rotatable bonds is 1. The number of halogens is 3. The Kier molecular flexibility index (Phi) is 3.36. The lowest BCUT2D eigenvalue weighted by atomic mass is 10.2. The molecule has 2 aromatic rings. The van der Waals surface area contributed by atoms with Crippen molar-refractivity contribution in [3.8, 4) is 5.88 Å². The Morgan fingerprint density at radius 3 is 2.50 bits per heavy atom. The maximum atomic E-state index is 10.6. The standard InChI is InChI=1S/C11H8Cl3NO3/c1-4-7-6(3-5(12)8(13)9(7)14)15(2)10(4)18-11(16)17/h3H,1-2H3,(H,16,17).